The van der Waals surface area contributed by atoms with Gasteiger partial charge in [-0.2, -0.15) is 11.8 Å². The fourth-order valence-corrected chi connectivity index (χ4v) is 2.75. The van der Waals surface area contributed by atoms with Gasteiger partial charge in [-0.25, -0.2) is 4.98 Å². The van der Waals surface area contributed by atoms with Gasteiger partial charge in [0.1, 0.15) is 11.7 Å². The van der Waals surface area contributed by atoms with Crippen LogP contribution in [-0.4, -0.2) is 47.5 Å². The highest BCUT2D eigenvalue weighted by molar-refractivity contribution is 7.99. The highest BCUT2D eigenvalue weighted by Gasteiger charge is 2.21. The lowest BCUT2D eigenvalue weighted by Crippen LogP contribution is -2.24. The Balaban J connectivity index is 2.17. The summed E-state index contributed by atoms with van der Waals surface area (Å²) < 4.78 is 5.80. The Hall–Kier alpha value is -1.23. The van der Waals surface area contributed by atoms with Crippen molar-refractivity contribution >= 4 is 17.7 Å². The molecule has 1 aliphatic rings. The van der Waals surface area contributed by atoms with Crippen molar-refractivity contribution < 1.29 is 9.53 Å². The SMILES string of the molecule is CN(C)C(=O)c1cccnc1O[C@@H]1CCSC1. The predicted molar refractivity (Wildman–Crippen MR) is 68.6 cm³/mol. The van der Waals surface area contributed by atoms with Gasteiger partial charge in [-0.1, -0.05) is 0 Å². The highest BCUT2D eigenvalue weighted by atomic mass is 32.2. The maximum absolute atomic E-state index is 11.9. The molecule has 5 heteroatoms. The summed E-state index contributed by atoms with van der Waals surface area (Å²) >= 11 is 1.87. The molecule has 2 rings (SSSR count). The second-order valence-electron chi connectivity index (χ2n) is 4.16. The molecule has 0 bridgehead atoms. The van der Waals surface area contributed by atoms with Crippen molar-refractivity contribution in [3.05, 3.63) is 23.9 Å². The Bertz CT molecular complexity index is 403. The fraction of sp³-hybridized carbons (Fsp3) is 0.500. The third-order valence-corrected chi connectivity index (χ3v) is 3.71. The molecule has 1 saturated heterocycles. The van der Waals surface area contributed by atoms with Gasteiger partial charge in [-0.15, -0.1) is 0 Å². The quantitative estimate of drug-likeness (QED) is 0.820. The predicted octanol–water partition coefficient (Wildman–Crippen LogP) is 1.67. The Kier molecular flexibility index (Phi) is 3.89. The van der Waals surface area contributed by atoms with Crippen molar-refractivity contribution in [2.45, 2.75) is 12.5 Å². The maximum atomic E-state index is 11.9. The topological polar surface area (TPSA) is 42.4 Å². The number of hydrogen-bond donors (Lipinski definition) is 0. The summed E-state index contributed by atoms with van der Waals surface area (Å²) in [6.07, 6.45) is 2.87. The molecule has 1 amide bonds. The zero-order valence-electron chi connectivity index (χ0n) is 10.0. The summed E-state index contributed by atoms with van der Waals surface area (Å²) in [6, 6.07) is 3.51. The van der Waals surface area contributed by atoms with Crippen LogP contribution in [0.5, 0.6) is 5.88 Å². The van der Waals surface area contributed by atoms with Crippen LogP contribution in [0, 0.1) is 0 Å². The third kappa shape index (κ3) is 2.91. The maximum Gasteiger partial charge on any atom is 0.258 e. The first kappa shape index (κ1) is 12.2. The lowest BCUT2D eigenvalue weighted by Gasteiger charge is -2.16. The average molecular weight is 252 g/mol. The first-order valence-corrected chi connectivity index (χ1v) is 6.75. The molecular weight excluding hydrogens is 236 g/mol. The van der Waals surface area contributed by atoms with Crippen molar-refractivity contribution in [3.8, 4) is 5.88 Å². The number of pyridine rings is 1. The Morgan fingerprint density at radius 1 is 1.59 bits per heavy atom. The molecule has 0 unspecified atom stereocenters. The molecule has 1 atom stereocenters. The number of rotatable bonds is 3. The van der Waals surface area contributed by atoms with Crippen LogP contribution < -0.4 is 4.74 Å². The van der Waals surface area contributed by atoms with E-state index in [1.807, 2.05) is 11.8 Å². The van der Waals surface area contributed by atoms with Gasteiger partial charge in [0.25, 0.3) is 5.91 Å². The Labute approximate surface area is 105 Å². The summed E-state index contributed by atoms with van der Waals surface area (Å²) in [5.41, 5.74) is 0.536. The van der Waals surface area contributed by atoms with Crippen molar-refractivity contribution in [3.63, 3.8) is 0 Å². The smallest absolute Gasteiger partial charge is 0.258 e. The lowest BCUT2D eigenvalue weighted by atomic mass is 10.2. The molecule has 92 valence electrons. The van der Waals surface area contributed by atoms with Gasteiger partial charge in [-0.05, 0) is 24.3 Å². The monoisotopic (exact) mass is 252 g/mol. The molecule has 1 aromatic rings. The van der Waals surface area contributed by atoms with Crippen LogP contribution in [0.25, 0.3) is 0 Å². The normalized spacial score (nSPS) is 19.1. The summed E-state index contributed by atoms with van der Waals surface area (Å²) in [4.78, 5) is 17.6. The van der Waals surface area contributed by atoms with E-state index in [1.165, 1.54) is 4.90 Å². The van der Waals surface area contributed by atoms with Crippen LogP contribution in [-0.2, 0) is 0 Å². The molecule has 0 N–H and O–H groups in total. The van der Waals surface area contributed by atoms with E-state index in [2.05, 4.69) is 4.98 Å². The van der Waals surface area contributed by atoms with Gasteiger partial charge < -0.3 is 9.64 Å². The van der Waals surface area contributed by atoms with Gasteiger partial charge in [0.2, 0.25) is 5.88 Å². The van der Waals surface area contributed by atoms with Crippen molar-refractivity contribution in [1.29, 1.82) is 0 Å². The molecule has 0 saturated carbocycles. The van der Waals surface area contributed by atoms with E-state index in [0.717, 1.165) is 17.9 Å². The number of amides is 1. The van der Waals surface area contributed by atoms with E-state index in [4.69, 9.17) is 4.74 Å². The van der Waals surface area contributed by atoms with E-state index in [0.29, 0.717) is 11.4 Å². The molecule has 1 fully saturated rings. The lowest BCUT2D eigenvalue weighted by molar-refractivity contribution is 0.0819. The molecule has 2 heterocycles. The number of thioether (sulfide) groups is 1. The van der Waals surface area contributed by atoms with Crippen LogP contribution in [0.3, 0.4) is 0 Å². The first-order valence-electron chi connectivity index (χ1n) is 5.59. The zero-order chi connectivity index (χ0) is 12.3. The van der Waals surface area contributed by atoms with Crippen molar-refractivity contribution in [2.24, 2.45) is 0 Å². The Morgan fingerprint density at radius 3 is 3.06 bits per heavy atom. The number of nitrogens with zero attached hydrogens (tertiary/aromatic N) is 2. The van der Waals surface area contributed by atoms with Crippen LogP contribution in [0.2, 0.25) is 0 Å². The van der Waals surface area contributed by atoms with Crippen molar-refractivity contribution in [2.75, 3.05) is 25.6 Å². The third-order valence-electron chi connectivity index (χ3n) is 2.57. The minimum atomic E-state index is -0.0706. The molecule has 0 aromatic carbocycles. The minimum Gasteiger partial charge on any atom is -0.473 e. The van der Waals surface area contributed by atoms with Crippen LogP contribution >= 0.6 is 11.8 Å². The second-order valence-corrected chi connectivity index (χ2v) is 5.31. The summed E-state index contributed by atoms with van der Waals surface area (Å²) in [6.45, 7) is 0. The van der Waals surface area contributed by atoms with Crippen LogP contribution in [0.4, 0.5) is 0 Å². The molecular formula is C12H16N2O2S. The van der Waals surface area contributed by atoms with E-state index >= 15 is 0 Å². The minimum absolute atomic E-state index is 0.0706. The van der Waals surface area contributed by atoms with E-state index in [9.17, 15) is 4.79 Å². The second kappa shape index (κ2) is 5.40. The van der Waals surface area contributed by atoms with E-state index in [1.54, 1.807) is 32.4 Å². The molecule has 0 radical (unpaired) electrons. The molecule has 1 aromatic heterocycles. The van der Waals surface area contributed by atoms with Crippen LogP contribution in [0.1, 0.15) is 16.8 Å². The number of carbonyl (C=O) groups is 1. The average Bonchev–Trinajstić information content (AvgIpc) is 2.81. The first-order chi connectivity index (χ1) is 8.18. The zero-order valence-corrected chi connectivity index (χ0v) is 10.9. The highest BCUT2D eigenvalue weighted by Crippen LogP contribution is 2.24. The van der Waals surface area contributed by atoms with Gasteiger partial charge in [-0.3, -0.25) is 4.79 Å². The van der Waals surface area contributed by atoms with E-state index in [-0.39, 0.29) is 12.0 Å². The molecule has 0 spiro atoms. The fourth-order valence-electron chi connectivity index (χ4n) is 1.65. The number of carbonyl (C=O) groups excluding carboxylic acids is 1. The summed E-state index contributed by atoms with van der Waals surface area (Å²) in [7, 11) is 3.45. The van der Waals surface area contributed by atoms with Gasteiger partial charge in [0.05, 0.1) is 0 Å². The van der Waals surface area contributed by atoms with Gasteiger partial charge in [0.15, 0.2) is 0 Å². The molecule has 1 aliphatic heterocycles. The summed E-state index contributed by atoms with van der Waals surface area (Å²) in [5.74, 6) is 2.48. The summed E-state index contributed by atoms with van der Waals surface area (Å²) in [5, 5.41) is 0. The van der Waals surface area contributed by atoms with Crippen molar-refractivity contribution in [1.82, 2.24) is 9.88 Å². The van der Waals surface area contributed by atoms with Gasteiger partial charge in [0, 0.05) is 26.0 Å². The molecule has 17 heavy (non-hydrogen) atoms. The largest absolute Gasteiger partial charge is 0.473 e. The Morgan fingerprint density at radius 2 is 2.41 bits per heavy atom. The number of hydrogen-bond acceptors (Lipinski definition) is 4. The molecule has 0 aliphatic carbocycles. The standard InChI is InChI=1S/C12H16N2O2S/c1-14(2)12(15)10-4-3-6-13-11(10)16-9-5-7-17-8-9/h3-4,6,9H,5,7-8H2,1-2H3/t9-/m1/s1. The molecule has 4 nitrogen and oxygen atoms in total. The number of aromatic nitrogens is 1. The van der Waals surface area contributed by atoms with Gasteiger partial charge >= 0.3 is 0 Å². The van der Waals surface area contributed by atoms with Crippen LogP contribution in [0.15, 0.2) is 18.3 Å². The number of ether oxygens (including phenoxy) is 1. The van der Waals surface area contributed by atoms with E-state index < -0.39 is 0 Å².